The fourth-order valence-corrected chi connectivity index (χ4v) is 1.60. The van der Waals surface area contributed by atoms with Crippen LogP contribution >= 0.6 is 11.6 Å². The molecule has 0 bridgehead atoms. The van der Waals surface area contributed by atoms with Crippen LogP contribution < -0.4 is 10.1 Å². The summed E-state index contributed by atoms with van der Waals surface area (Å²) in [7, 11) is 0. The van der Waals surface area contributed by atoms with Gasteiger partial charge in [-0.25, -0.2) is 0 Å². The van der Waals surface area contributed by atoms with Crippen LogP contribution in [0, 0.1) is 0 Å². The highest BCUT2D eigenvalue weighted by Gasteiger charge is 2.38. The van der Waals surface area contributed by atoms with E-state index in [1.54, 1.807) is 6.07 Å². The topological polar surface area (TPSA) is 41.5 Å². The summed E-state index contributed by atoms with van der Waals surface area (Å²) < 4.78 is 41.7. The summed E-state index contributed by atoms with van der Waals surface area (Å²) in [6.45, 7) is 3.45. The standard InChI is InChI=1S/C13H17ClF3NO2/c1-8(2)18-6-9-5-10(14)3-4-11(9)20-7-12(19)13(15,16)17/h3-5,8,12,18-19H,6-7H2,1-2H3. The van der Waals surface area contributed by atoms with Gasteiger partial charge in [0, 0.05) is 23.2 Å². The SMILES string of the molecule is CC(C)NCc1cc(Cl)ccc1OCC(O)C(F)(F)F. The van der Waals surface area contributed by atoms with E-state index in [9.17, 15) is 13.2 Å². The monoisotopic (exact) mass is 311 g/mol. The average molecular weight is 312 g/mol. The summed E-state index contributed by atoms with van der Waals surface area (Å²) in [4.78, 5) is 0. The highest BCUT2D eigenvalue weighted by molar-refractivity contribution is 6.30. The molecular formula is C13H17ClF3NO2. The Hall–Kier alpha value is -0.980. The molecule has 0 fully saturated rings. The van der Waals surface area contributed by atoms with E-state index in [4.69, 9.17) is 21.4 Å². The van der Waals surface area contributed by atoms with Crippen LogP contribution in [0.1, 0.15) is 19.4 Å². The fourth-order valence-electron chi connectivity index (χ4n) is 1.40. The van der Waals surface area contributed by atoms with Gasteiger partial charge < -0.3 is 15.2 Å². The van der Waals surface area contributed by atoms with Crippen molar-refractivity contribution >= 4 is 11.6 Å². The first-order chi connectivity index (χ1) is 9.20. The average Bonchev–Trinajstić information content (AvgIpc) is 2.33. The lowest BCUT2D eigenvalue weighted by Gasteiger charge is -2.18. The number of aliphatic hydroxyl groups is 1. The summed E-state index contributed by atoms with van der Waals surface area (Å²) >= 11 is 5.85. The minimum Gasteiger partial charge on any atom is -0.490 e. The summed E-state index contributed by atoms with van der Waals surface area (Å²) in [5, 5.41) is 12.5. The molecule has 0 aromatic heterocycles. The van der Waals surface area contributed by atoms with Gasteiger partial charge in [0.2, 0.25) is 0 Å². The largest absolute Gasteiger partial charge is 0.490 e. The Morgan fingerprint density at radius 2 is 2.00 bits per heavy atom. The fraction of sp³-hybridized carbons (Fsp3) is 0.538. The Balaban J connectivity index is 2.73. The summed E-state index contributed by atoms with van der Waals surface area (Å²) in [6.07, 6.45) is -7.20. The minimum atomic E-state index is -4.69. The normalized spacial score (nSPS) is 13.6. The molecule has 20 heavy (non-hydrogen) atoms. The van der Waals surface area contributed by atoms with Gasteiger partial charge in [0.1, 0.15) is 12.4 Å². The van der Waals surface area contributed by atoms with E-state index < -0.39 is 18.9 Å². The number of hydrogen-bond acceptors (Lipinski definition) is 3. The molecule has 1 aromatic carbocycles. The van der Waals surface area contributed by atoms with Gasteiger partial charge in [0.05, 0.1) is 0 Å². The third-order valence-corrected chi connectivity index (χ3v) is 2.73. The summed E-state index contributed by atoms with van der Waals surface area (Å²) in [6, 6.07) is 4.84. The number of benzene rings is 1. The predicted molar refractivity (Wildman–Crippen MR) is 71.0 cm³/mol. The second-order valence-electron chi connectivity index (χ2n) is 4.66. The Morgan fingerprint density at radius 1 is 1.35 bits per heavy atom. The van der Waals surface area contributed by atoms with Crippen LogP contribution in [0.25, 0.3) is 0 Å². The molecular weight excluding hydrogens is 295 g/mol. The quantitative estimate of drug-likeness (QED) is 0.848. The first-order valence-electron chi connectivity index (χ1n) is 6.09. The second-order valence-corrected chi connectivity index (χ2v) is 5.09. The van der Waals surface area contributed by atoms with E-state index in [0.29, 0.717) is 17.1 Å². The molecule has 0 aliphatic heterocycles. The van der Waals surface area contributed by atoms with E-state index in [0.717, 1.165) is 0 Å². The Morgan fingerprint density at radius 3 is 2.55 bits per heavy atom. The van der Waals surface area contributed by atoms with Gasteiger partial charge in [0.25, 0.3) is 0 Å². The van der Waals surface area contributed by atoms with Crippen molar-refractivity contribution in [3.8, 4) is 5.75 Å². The lowest BCUT2D eigenvalue weighted by Crippen LogP contribution is -2.34. The van der Waals surface area contributed by atoms with Gasteiger partial charge >= 0.3 is 6.18 Å². The lowest BCUT2D eigenvalue weighted by atomic mass is 10.2. The van der Waals surface area contributed by atoms with Crippen LogP contribution in [-0.4, -0.2) is 30.0 Å². The van der Waals surface area contributed by atoms with Crippen molar-refractivity contribution in [1.29, 1.82) is 0 Å². The van der Waals surface area contributed by atoms with Crippen molar-refractivity contribution in [3.05, 3.63) is 28.8 Å². The second kappa shape index (κ2) is 7.15. The Labute approximate surface area is 120 Å². The molecule has 0 radical (unpaired) electrons. The molecule has 1 unspecified atom stereocenters. The van der Waals surface area contributed by atoms with Crippen molar-refractivity contribution in [2.75, 3.05) is 6.61 Å². The molecule has 1 rings (SSSR count). The minimum absolute atomic E-state index is 0.211. The Kier molecular flexibility index (Phi) is 6.10. The molecule has 0 saturated carbocycles. The zero-order valence-corrected chi connectivity index (χ0v) is 11.9. The molecule has 0 spiro atoms. The van der Waals surface area contributed by atoms with Gasteiger partial charge in [-0.3, -0.25) is 0 Å². The van der Waals surface area contributed by atoms with E-state index in [1.807, 2.05) is 13.8 Å². The van der Waals surface area contributed by atoms with E-state index in [2.05, 4.69) is 5.32 Å². The van der Waals surface area contributed by atoms with E-state index in [1.165, 1.54) is 12.1 Å². The number of hydrogen-bond donors (Lipinski definition) is 2. The molecule has 0 heterocycles. The van der Waals surface area contributed by atoms with Crippen molar-refractivity contribution in [1.82, 2.24) is 5.32 Å². The molecule has 114 valence electrons. The maximum Gasteiger partial charge on any atom is 0.417 e. The van der Waals surface area contributed by atoms with Crippen molar-refractivity contribution in [3.63, 3.8) is 0 Å². The maximum absolute atomic E-state index is 12.2. The van der Waals surface area contributed by atoms with E-state index in [-0.39, 0.29) is 11.8 Å². The lowest BCUT2D eigenvalue weighted by molar-refractivity contribution is -0.210. The molecule has 0 amide bonds. The van der Waals surface area contributed by atoms with Crippen LogP contribution in [0.3, 0.4) is 0 Å². The predicted octanol–water partition coefficient (Wildman–Crippen LogP) is 3.14. The molecule has 1 aromatic rings. The maximum atomic E-state index is 12.2. The van der Waals surface area contributed by atoms with Crippen LogP contribution in [0.5, 0.6) is 5.75 Å². The van der Waals surface area contributed by atoms with Crippen LogP contribution in [-0.2, 0) is 6.54 Å². The molecule has 1 atom stereocenters. The van der Waals surface area contributed by atoms with Crippen molar-refractivity contribution in [2.24, 2.45) is 0 Å². The number of rotatable bonds is 6. The smallest absolute Gasteiger partial charge is 0.417 e. The van der Waals surface area contributed by atoms with Gasteiger partial charge in [-0.15, -0.1) is 0 Å². The molecule has 2 N–H and O–H groups in total. The first-order valence-corrected chi connectivity index (χ1v) is 6.47. The van der Waals surface area contributed by atoms with Crippen LogP contribution in [0.4, 0.5) is 13.2 Å². The molecule has 0 aliphatic rings. The van der Waals surface area contributed by atoms with Gasteiger partial charge in [-0.05, 0) is 18.2 Å². The third-order valence-electron chi connectivity index (χ3n) is 2.50. The first kappa shape index (κ1) is 17.1. The zero-order valence-electron chi connectivity index (χ0n) is 11.2. The third kappa shape index (κ3) is 5.56. The number of alkyl halides is 3. The molecule has 7 heteroatoms. The summed E-state index contributed by atoms with van der Waals surface area (Å²) in [5.41, 5.74) is 0.639. The number of ether oxygens (including phenoxy) is 1. The molecule has 3 nitrogen and oxygen atoms in total. The van der Waals surface area contributed by atoms with E-state index >= 15 is 0 Å². The van der Waals surface area contributed by atoms with Crippen molar-refractivity contribution in [2.45, 2.75) is 38.7 Å². The number of halogens is 4. The number of aliphatic hydroxyl groups excluding tert-OH is 1. The van der Waals surface area contributed by atoms with Gasteiger partial charge in [0.15, 0.2) is 6.10 Å². The van der Waals surface area contributed by atoms with Crippen LogP contribution in [0.15, 0.2) is 18.2 Å². The zero-order chi connectivity index (χ0) is 15.3. The highest BCUT2D eigenvalue weighted by atomic mass is 35.5. The molecule has 0 saturated heterocycles. The highest BCUT2D eigenvalue weighted by Crippen LogP contribution is 2.25. The van der Waals surface area contributed by atoms with Crippen LogP contribution in [0.2, 0.25) is 5.02 Å². The number of nitrogens with one attached hydrogen (secondary N) is 1. The molecule has 0 aliphatic carbocycles. The van der Waals surface area contributed by atoms with Crippen molar-refractivity contribution < 1.29 is 23.0 Å². The van der Waals surface area contributed by atoms with Gasteiger partial charge in [-0.1, -0.05) is 25.4 Å². The van der Waals surface area contributed by atoms with Gasteiger partial charge in [-0.2, -0.15) is 13.2 Å². The Bertz CT molecular complexity index is 438. The summed E-state index contributed by atoms with van der Waals surface area (Å²) in [5.74, 6) is 0.269.